The fourth-order valence-corrected chi connectivity index (χ4v) is 7.46. The molecule has 10 aromatic rings. The maximum atomic E-state index is 6.56. The van der Waals surface area contributed by atoms with Crippen molar-refractivity contribution in [3.05, 3.63) is 206 Å². The number of rotatable bonds is 8. The summed E-state index contributed by atoms with van der Waals surface area (Å²) in [5.74, 6) is 1.85. The lowest BCUT2D eigenvalue weighted by molar-refractivity contribution is 0.669. The molecule has 5 nitrogen and oxygen atoms in total. The van der Waals surface area contributed by atoms with Crippen molar-refractivity contribution in [1.29, 1.82) is 0 Å². The van der Waals surface area contributed by atoms with E-state index in [2.05, 4.69) is 138 Å². The lowest BCUT2D eigenvalue weighted by atomic mass is 10.00. The van der Waals surface area contributed by atoms with Gasteiger partial charge in [-0.3, -0.25) is 0 Å². The van der Waals surface area contributed by atoms with E-state index in [1.165, 1.54) is 11.1 Å². The highest BCUT2D eigenvalue weighted by atomic mass is 16.3. The zero-order valence-corrected chi connectivity index (χ0v) is 30.3. The van der Waals surface area contributed by atoms with Gasteiger partial charge in [0.2, 0.25) is 0 Å². The van der Waals surface area contributed by atoms with Crippen molar-refractivity contribution in [3.63, 3.8) is 0 Å². The van der Waals surface area contributed by atoms with Gasteiger partial charge in [0.25, 0.3) is 0 Å². The summed E-state index contributed by atoms with van der Waals surface area (Å²) in [5.41, 5.74) is 12.1. The maximum absolute atomic E-state index is 6.56. The molecule has 0 fully saturated rings. The first-order valence-corrected chi connectivity index (χ1v) is 18.7. The molecule has 5 heteroatoms. The second-order valence-electron chi connectivity index (χ2n) is 13.6. The van der Waals surface area contributed by atoms with Crippen LogP contribution in [0.2, 0.25) is 0 Å². The predicted molar refractivity (Wildman–Crippen MR) is 229 cm³/mol. The molecule has 0 saturated carbocycles. The number of para-hydroxylation sites is 2. The number of hydrogen-bond acceptors (Lipinski definition) is 5. The van der Waals surface area contributed by atoms with Gasteiger partial charge in [-0.05, 0) is 65.2 Å². The lowest BCUT2D eigenvalue weighted by Gasteiger charge is -2.28. The largest absolute Gasteiger partial charge is 0.456 e. The number of furan rings is 1. The minimum atomic E-state index is 0.600. The van der Waals surface area contributed by atoms with Gasteiger partial charge in [-0.1, -0.05) is 158 Å². The van der Waals surface area contributed by atoms with Crippen LogP contribution in [0.1, 0.15) is 0 Å². The van der Waals surface area contributed by atoms with Crippen molar-refractivity contribution < 1.29 is 4.42 Å². The Morgan fingerprint density at radius 1 is 0.339 bits per heavy atom. The molecule has 0 atom stereocenters. The first-order valence-electron chi connectivity index (χ1n) is 18.7. The van der Waals surface area contributed by atoms with Gasteiger partial charge < -0.3 is 9.32 Å². The Morgan fingerprint density at radius 2 is 0.857 bits per heavy atom. The van der Waals surface area contributed by atoms with Crippen LogP contribution in [0.15, 0.2) is 211 Å². The van der Waals surface area contributed by atoms with E-state index in [4.69, 9.17) is 19.4 Å². The van der Waals surface area contributed by atoms with Crippen molar-refractivity contribution >= 4 is 39.0 Å². The average Bonchev–Trinajstić information content (AvgIpc) is 3.66. The summed E-state index contributed by atoms with van der Waals surface area (Å²) in [5, 5.41) is 1.98. The SMILES string of the molecule is c1ccc(-c2nc(-c3ccccc3)nc(-c3cccc4oc5cc(-c6ccc(N(c7ccccc7)c7ccccc7-c7ccccc7)cc6)ccc5c34)n2)cc1. The van der Waals surface area contributed by atoms with Crippen LogP contribution in [0.4, 0.5) is 17.1 Å². The fourth-order valence-electron chi connectivity index (χ4n) is 7.46. The highest BCUT2D eigenvalue weighted by molar-refractivity contribution is 6.12. The third kappa shape index (κ3) is 6.17. The van der Waals surface area contributed by atoms with Gasteiger partial charge >= 0.3 is 0 Å². The molecule has 10 rings (SSSR count). The molecule has 2 heterocycles. The molecule has 264 valence electrons. The van der Waals surface area contributed by atoms with E-state index < -0.39 is 0 Å². The van der Waals surface area contributed by atoms with E-state index in [1.807, 2.05) is 72.8 Å². The van der Waals surface area contributed by atoms with Gasteiger partial charge in [0.1, 0.15) is 11.2 Å². The number of aromatic nitrogens is 3. The molecule has 0 saturated heterocycles. The van der Waals surface area contributed by atoms with Crippen LogP contribution in [-0.4, -0.2) is 15.0 Å². The highest BCUT2D eigenvalue weighted by Crippen LogP contribution is 2.42. The zero-order chi connectivity index (χ0) is 37.3. The molecule has 56 heavy (non-hydrogen) atoms. The third-order valence-corrected chi connectivity index (χ3v) is 10.1. The van der Waals surface area contributed by atoms with Crippen LogP contribution in [0.5, 0.6) is 0 Å². The second kappa shape index (κ2) is 14.3. The van der Waals surface area contributed by atoms with Gasteiger partial charge in [-0.2, -0.15) is 0 Å². The molecule has 0 aliphatic heterocycles. The molecule has 2 aromatic heterocycles. The van der Waals surface area contributed by atoms with Gasteiger partial charge in [-0.15, -0.1) is 0 Å². The van der Waals surface area contributed by atoms with E-state index in [1.54, 1.807) is 0 Å². The van der Waals surface area contributed by atoms with Gasteiger partial charge in [0.05, 0.1) is 5.69 Å². The third-order valence-electron chi connectivity index (χ3n) is 10.1. The Kier molecular flexibility index (Phi) is 8.43. The standard InChI is InChI=1S/C51H34N4O/c1-5-16-36(17-6-1)42-24-13-14-26-45(42)55(40-22-11-4-12-23-40)41-31-28-35(29-32-41)39-30-33-43-47(34-39)56-46-27-15-25-44(48(43)46)51-53-49(37-18-7-2-8-19-37)52-50(54-51)38-20-9-3-10-21-38/h1-34H. The van der Waals surface area contributed by atoms with Crippen LogP contribution >= 0.6 is 0 Å². The summed E-state index contributed by atoms with van der Waals surface area (Å²) < 4.78 is 6.56. The van der Waals surface area contributed by atoms with Gasteiger partial charge in [-0.25, -0.2) is 15.0 Å². The van der Waals surface area contributed by atoms with Crippen LogP contribution in [0.3, 0.4) is 0 Å². The van der Waals surface area contributed by atoms with Crippen molar-refractivity contribution in [2.45, 2.75) is 0 Å². The van der Waals surface area contributed by atoms with Crippen molar-refractivity contribution in [2.24, 2.45) is 0 Å². The van der Waals surface area contributed by atoms with E-state index >= 15 is 0 Å². The summed E-state index contributed by atoms with van der Waals surface area (Å²) in [6.45, 7) is 0. The van der Waals surface area contributed by atoms with Crippen LogP contribution in [0, 0.1) is 0 Å². The first kappa shape index (κ1) is 33.0. The van der Waals surface area contributed by atoms with Gasteiger partial charge in [0.15, 0.2) is 17.5 Å². The van der Waals surface area contributed by atoms with Crippen LogP contribution in [0.25, 0.3) is 78.4 Å². The number of hydrogen-bond donors (Lipinski definition) is 0. The van der Waals surface area contributed by atoms with E-state index in [9.17, 15) is 0 Å². The average molecular weight is 719 g/mol. The van der Waals surface area contributed by atoms with Crippen molar-refractivity contribution in [3.8, 4) is 56.4 Å². The lowest BCUT2D eigenvalue weighted by Crippen LogP contribution is -2.11. The summed E-state index contributed by atoms with van der Waals surface area (Å²) in [6.07, 6.45) is 0. The van der Waals surface area contributed by atoms with Crippen LogP contribution in [-0.2, 0) is 0 Å². The number of anilines is 3. The van der Waals surface area contributed by atoms with Crippen molar-refractivity contribution in [2.75, 3.05) is 4.90 Å². The second-order valence-corrected chi connectivity index (χ2v) is 13.6. The number of fused-ring (bicyclic) bond motifs is 3. The first-order chi connectivity index (χ1) is 27.8. The molecule has 0 spiro atoms. The zero-order valence-electron chi connectivity index (χ0n) is 30.3. The van der Waals surface area contributed by atoms with E-state index in [-0.39, 0.29) is 0 Å². The minimum Gasteiger partial charge on any atom is -0.456 e. The molecule has 0 unspecified atom stereocenters. The smallest absolute Gasteiger partial charge is 0.164 e. The van der Waals surface area contributed by atoms with E-state index in [0.717, 1.165) is 66.8 Å². The highest BCUT2D eigenvalue weighted by Gasteiger charge is 2.20. The molecule has 8 aromatic carbocycles. The number of benzene rings is 8. The summed E-state index contributed by atoms with van der Waals surface area (Å²) >= 11 is 0. The molecule has 0 N–H and O–H groups in total. The summed E-state index contributed by atoms with van der Waals surface area (Å²) in [4.78, 5) is 17.3. The van der Waals surface area contributed by atoms with Gasteiger partial charge in [0, 0.05) is 44.4 Å². The monoisotopic (exact) mass is 718 g/mol. The Bertz CT molecular complexity index is 2890. The predicted octanol–water partition coefficient (Wildman–Crippen LogP) is 13.6. The Hall–Kier alpha value is -7.63. The molecular formula is C51H34N4O. The Balaban J connectivity index is 1.04. The quantitative estimate of drug-likeness (QED) is 0.157. The summed E-state index contributed by atoms with van der Waals surface area (Å²) in [7, 11) is 0. The molecular weight excluding hydrogens is 685 g/mol. The normalized spacial score (nSPS) is 11.2. The number of nitrogens with zero attached hydrogens (tertiary/aromatic N) is 4. The molecule has 0 aliphatic rings. The van der Waals surface area contributed by atoms with Crippen molar-refractivity contribution in [1.82, 2.24) is 15.0 Å². The molecule has 0 amide bonds. The Morgan fingerprint density at radius 3 is 1.52 bits per heavy atom. The summed E-state index contributed by atoms with van der Waals surface area (Å²) in [6, 6.07) is 71.1. The maximum Gasteiger partial charge on any atom is 0.164 e. The topological polar surface area (TPSA) is 55.1 Å². The fraction of sp³-hybridized carbons (Fsp3) is 0. The van der Waals surface area contributed by atoms with E-state index in [0.29, 0.717) is 17.5 Å². The molecule has 0 aliphatic carbocycles. The minimum absolute atomic E-state index is 0.600. The molecule has 0 radical (unpaired) electrons. The Labute approximate surface area is 324 Å². The molecule has 0 bridgehead atoms. The van der Waals surface area contributed by atoms with Crippen LogP contribution < -0.4 is 4.90 Å².